The van der Waals surface area contributed by atoms with Gasteiger partial charge in [0.25, 0.3) is 0 Å². The van der Waals surface area contributed by atoms with Crippen molar-refractivity contribution in [2.24, 2.45) is 33.1 Å². The molecule has 8 aliphatic rings. The number of halogens is 6. The first-order valence-electron chi connectivity index (χ1n) is 41.6. The van der Waals surface area contributed by atoms with E-state index in [0.29, 0.717) is 70.8 Å². The average Bonchev–Trinajstić information content (AvgIpc) is 1.59. The maximum absolute atomic E-state index is 6.70. The van der Waals surface area contributed by atoms with Gasteiger partial charge in [-0.1, -0.05) is 115 Å². The van der Waals surface area contributed by atoms with Gasteiger partial charge in [0.1, 0.15) is 42.8 Å². The van der Waals surface area contributed by atoms with E-state index in [2.05, 4.69) is 217 Å². The van der Waals surface area contributed by atoms with E-state index < -0.39 is 0 Å². The number of piperidine rings is 4. The summed E-state index contributed by atoms with van der Waals surface area (Å²) in [5.74, 6) is 4.68. The molecule has 11 N–H and O–H groups in total. The van der Waals surface area contributed by atoms with Gasteiger partial charge < -0.3 is 61.3 Å². The SMILES string of the molecule is C.C.C.C.C.C[C@@H]1c2cnccc2CC12CCN(c1ncc(I)c3nncn13)CC2.C[C@@H]1c2cnccc2CC12CCN(c1ncc(Sc3ccnc(N)c3Cl)c3nncn13)CC2.Clc1ncc(I)c2nncn12.N[C@@H]1c2cnccc2CC12CCNCC2.Nc1nccc(Sc2cnc(N3CCC4(CC3)Cc3ccncc3[C@H]4N)n3cnnc23)c1Cl.Nc1nccc([S-])c1Cl.[B][B].[Na+]. The van der Waals surface area contributed by atoms with E-state index >= 15 is 0 Å². The summed E-state index contributed by atoms with van der Waals surface area (Å²) in [5, 5.41) is 37.9. The molecule has 0 amide bonds. The Labute approximate surface area is 867 Å². The average molecular weight is 2170 g/mol. The summed E-state index contributed by atoms with van der Waals surface area (Å²) in [6.07, 6.45) is 47.9. The van der Waals surface area contributed by atoms with Crippen LogP contribution in [0.2, 0.25) is 20.4 Å². The van der Waals surface area contributed by atoms with Crippen molar-refractivity contribution >= 4 is 201 Å². The fourth-order valence-corrected chi connectivity index (χ4v) is 23.1. The van der Waals surface area contributed by atoms with Crippen LogP contribution in [-0.4, -0.2) is 181 Å². The Balaban J connectivity index is 0.000000161. The second-order valence-electron chi connectivity index (χ2n) is 33.0. The van der Waals surface area contributed by atoms with Gasteiger partial charge in [0.2, 0.25) is 23.1 Å². The van der Waals surface area contributed by atoms with Crippen molar-refractivity contribution in [1.29, 1.82) is 0 Å². The normalized spacial score (nSPS) is 18.3. The van der Waals surface area contributed by atoms with Gasteiger partial charge in [-0.15, -0.1) is 40.8 Å². The molecule has 0 unspecified atom stereocenters. The van der Waals surface area contributed by atoms with Crippen LogP contribution in [0.4, 0.5) is 35.3 Å². The molecule has 19 heterocycles. The van der Waals surface area contributed by atoms with Gasteiger partial charge >= 0.3 is 29.6 Å². The number of nitrogens with two attached hydrogens (primary N) is 5. The minimum absolute atomic E-state index is 0. The first-order valence-corrected chi connectivity index (χ1v) is 47.3. The molecule has 0 aromatic carbocycles. The number of nitrogen functional groups attached to an aromatic ring is 3. The number of aromatic nitrogens is 23. The van der Waals surface area contributed by atoms with Crippen LogP contribution in [0.3, 0.4) is 0 Å². The van der Waals surface area contributed by atoms with Crippen LogP contribution < -0.4 is 78.2 Å². The van der Waals surface area contributed by atoms with Crippen LogP contribution in [-0.2, 0) is 38.3 Å². The summed E-state index contributed by atoms with van der Waals surface area (Å²) < 4.78 is 9.51. The van der Waals surface area contributed by atoms with Crippen molar-refractivity contribution in [3.8, 4) is 0 Å². The number of rotatable bonds is 7. The fourth-order valence-electron chi connectivity index (χ4n) is 19.3. The molecule has 4 saturated heterocycles. The third-order valence-corrected chi connectivity index (χ3v) is 32.4. The molecule has 44 heteroatoms. The topological polar surface area (TPSA) is 414 Å². The van der Waals surface area contributed by atoms with Crippen molar-refractivity contribution in [2.75, 3.05) is 84.3 Å². The molecule has 4 spiro atoms. The zero-order chi connectivity index (χ0) is 89.2. The van der Waals surface area contributed by atoms with Crippen LogP contribution in [0.1, 0.15) is 171 Å². The first kappa shape index (κ1) is 106. The van der Waals surface area contributed by atoms with Crippen LogP contribution in [0, 0.1) is 28.8 Å². The Bertz CT molecular complexity index is 6260. The van der Waals surface area contributed by atoms with Gasteiger partial charge in [-0.3, -0.25) is 28.7 Å². The molecule has 23 rings (SSSR count). The second-order valence-corrected chi connectivity index (χ2v) is 39.4. The first-order chi connectivity index (χ1) is 62.1. The molecular weight excluding hydrogens is 2070 g/mol. The number of pyridine rings is 7. The molecule has 694 valence electrons. The van der Waals surface area contributed by atoms with Gasteiger partial charge in [-0.25, -0.2) is 43.7 Å². The van der Waals surface area contributed by atoms with Crippen LogP contribution in [0.15, 0.2) is 185 Å². The number of hydrogen-bond acceptors (Lipinski definition) is 31. The third kappa shape index (κ3) is 21.3. The van der Waals surface area contributed by atoms with Gasteiger partial charge in [0, 0.05) is 170 Å². The second kappa shape index (κ2) is 45.9. The molecule has 0 bridgehead atoms. The van der Waals surface area contributed by atoms with E-state index in [1.165, 1.54) is 113 Å². The summed E-state index contributed by atoms with van der Waals surface area (Å²) in [6.45, 7) is 12.6. The van der Waals surface area contributed by atoms with E-state index in [4.69, 9.17) is 97.7 Å². The van der Waals surface area contributed by atoms with E-state index in [1.807, 2.05) is 81.1 Å². The van der Waals surface area contributed by atoms with Crippen LogP contribution >= 0.6 is 115 Å². The fraction of sp³-hybridized carbons (Fsp3) is 0.389. The summed E-state index contributed by atoms with van der Waals surface area (Å²) in [4.78, 5) is 58.0. The molecule has 4 radical (unpaired) electrons. The van der Waals surface area contributed by atoms with Gasteiger partial charge in [-0.2, -0.15) is 4.90 Å². The zero-order valence-electron chi connectivity index (χ0n) is 70.6. The zero-order valence-corrected chi connectivity index (χ0v) is 82.4. The molecule has 134 heavy (non-hydrogen) atoms. The smallest absolute Gasteiger partial charge is 0.778 e. The predicted octanol–water partition coefficient (Wildman–Crippen LogP) is 13.5. The molecule has 4 atom stereocenters. The van der Waals surface area contributed by atoms with E-state index in [9.17, 15) is 0 Å². The number of anilines is 6. The Hall–Kier alpha value is -8.40. The van der Waals surface area contributed by atoms with Crippen molar-refractivity contribution in [3.05, 3.63) is 233 Å². The molecule has 0 saturated carbocycles. The number of hydrogen-bond donors (Lipinski definition) is 6. The minimum atomic E-state index is 0. The van der Waals surface area contributed by atoms with E-state index in [0.717, 1.165) is 164 Å². The van der Waals surface area contributed by atoms with Crippen molar-refractivity contribution < 1.29 is 29.6 Å². The number of nitrogens with zero attached hydrogens (tertiary/aromatic N) is 26. The molecular formula is C90H107B2Cl4I2N32NaS3. The molecule has 32 nitrogen and oxygen atoms in total. The summed E-state index contributed by atoms with van der Waals surface area (Å²) >= 11 is 36.1. The van der Waals surface area contributed by atoms with E-state index in [1.54, 1.807) is 48.0 Å². The van der Waals surface area contributed by atoms with Crippen LogP contribution in [0.25, 0.3) is 22.6 Å². The monoisotopic (exact) mass is 2170 g/mol. The minimum Gasteiger partial charge on any atom is -0.778 e. The van der Waals surface area contributed by atoms with Crippen molar-refractivity contribution in [3.63, 3.8) is 0 Å². The molecule has 15 aromatic heterocycles. The number of fused-ring (bicyclic) bond motifs is 8. The van der Waals surface area contributed by atoms with Crippen molar-refractivity contribution in [2.45, 2.75) is 176 Å². The largest absolute Gasteiger partial charge is 1.00 e. The summed E-state index contributed by atoms with van der Waals surface area (Å²) in [5.41, 5.74) is 45.4. The quantitative estimate of drug-likeness (QED) is 0.0373. The summed E-state index contributed by atoms with van der Waals surface area (Å²) in [7, 11) is 8.00. The molecule has 4 aliphatic heterocycles. The Morgan fingerprint density at radius 1 is 0.396 bits per heavy atom. The predicted molar refractivity (Wildman–Crippen MR) is 552 cm³/mol. The standard InChI is InChI=1S/C23H23ClN8S.C22H22ClN9S.C18H19IN6.C12H17N3.C5H2ClIN4.C5H5ClN2S.5CH4.B2.Na/c1-14-16-11-26-6-2-15(16)10-23(14)4-8-31(9-5-23)22-28-12-18(21-30-29-13-32(21)22)33-17-3-7-27-20(25)19(17)24;23-17-15(2-6-27-19(17)25)33-16-11-28-21(32-12-29-30-20(16)32)31-7-3-22(4-8-31)9-13-1-5-26-10-14(13)18(22)24;1-12-14-9-20-5-2-13(14)8-18(12)3-6-24(7-4-18)17-21-10-15(19)16-23-22-11-25(16)17;13-11-10-8-15-4-1-9(10)7-12(11)2-5-14-6-3-12;6-5-8-1-3(7)4-10-9-2-11(4)5;6-4-3(9)1-2-8-5(4)7;;;;;;1-2;/h2-3,6-7,11-14H,4-5,8-10H2,1H3,(H2,25,27);1-2,5-6,10-12,18H,3-4,7-9,24H2,(H2,25,27);2,5,9-12H,3-4,6-8H2,1H3;1,4,8,11,14H,2-3,5-7,13H2;1-2H;1-2H,(H3,7,8,9);5*1H4;;/q;;;;;;;;;;;;+1/p-1/t14-;18-;12-;11-;;;;;;;;;/m1111........./s1. The molecule has 4 aliphatic carbocycles. The van der Waals surface area contributed by atoms with Crippen molar-refractivity contribution in [1.82, 2.24) is 119 Å². The Kier molecular flexibility index (Phi) is 36.3. The Morgan fingerprint density at radius 2 is 0.716 bits per heavy atom. The number of nitrogens with one attached hydrogen (secondary N) is 1. The van der Waals surface area contributed by atoms with E-state index in [-0.39, 0.29) is 84.2 Å². The van der Waals surface area contributed by atoms with Gasteiger partial charge in [0.05, 0.1) is 32.0 Å². The molecule has 4 fully saturated rings. The van der Waals surface area contributed by atoms with Gasteiger partial charge in [-0.05, 0) is 261 Å². The third-order valence-electron chi connectivity index (χ3n) is 26.6. The van der Waals surface area contributed by atoms with Crippen LogP contribution in [0.5, 0.6) is 0 Å². The van der Waals surface area contributed by atoms with Gasteiger partial charge in [0.15, 0.2) is 22.6 Å². The molecule has 15 aromatic rings. The maximum Gasteiger partial charge on any atom is 1.00 e. The maximum atomic E-state index is 6.70. The summed E-state index contributed by atoms with van der Waals surface area (Å²) in [6, 6.07) is 14.2. The Morgan fingerprint density at radius 3 is 1.10 bits per heavy atom.